The lowest BCUT2D eigenvalue weighted by molar-refractivity contribution is -0.117. The number of rotatable bonds is 3. The molecule has 0 saturated carbocycles. The van der Waals surface area contributed by atoms with Gasteiger partial charge in [0.05, 0.1) is 25.9 Å². The van der Waals surface area contributed by atoms with Gasteiger partial charge < -0.3 is 29.0 Å². The van der Waals surface area contributed by atoms with Gasteiger partial charge in [-0.05, 0) is 67.4 Å². The minimum Gasteiger partial charge on any atom is -0.493 e. The Morgan fingerprint density at radius 2 is 1.67 bits per heavy atom. The van der Waals surface area contributed by atoms with Gasteiger partial charge >= 0.3 is 0 Å². The third-order valence-corrected chi connectivity index (χ3v) is 6.81. The summed E-state index contributed by atoms with van der Waals surface area (Å²) in [5.41, 5.74) is 1.48. The molecular weight excluding hydrogens is 520 g/mol. The summed E-state index contributed by atoms with van der Waals surface area (Å²) in [6, 6.07) is 16.6. The fraction of sp³-hybridized carbons (Fsp3) is 0.367. The molecule has 0 aromatic heterocycles. The highest BCUT2D eigenvalue weighted by Gasteiger charge is 2.21. The van der Waals surface area contributed by atoms with Crippen molar-refractivity contribution >= 4 is 23.2 Å². The lowest BCUT2D eigenvalue weighted by Crippen LogP contribution is -2.34. The van der Waals surface area contributed by atoms with Crippen molar-refractivity contribution in [1.82, 2.24) is 4.90 Å². The SMILES string of the molecule is COc1cc(CN2CCCCCCOc3ccccc3Oc3ccc(Cl)cc3NC(=O)C2)cc2c1OCCO2. The lowest BCUT2D eigenvalue weighted by Gasteiger charge is -2.25. The second-order valence-electron chi connectivity index (χ2n) is 9.53. The molecule has 0 aliphatic carbocycles. The van der Waals surface area contributed by atoms with Crippen LogP contribution in [0.2, 0.25) is 5.02 Å². The van der Waals surface area contributed by atoms with E-state index in [-0.39, 0.29) is 12.5 Å². The van der Waals surface area contributed by atoms with Gasteiger partial charge in [-0.2, -0.15) is 0 Å². The Hall–Kier alpha value is -3.62. The number of para-hydroxylation sites is 2. The van der Waals surface area contributed by atoms with Crippen LogP contribution in [0.4, 0.5) is 5.69 Å². The molecule has 0 fully saturated rings. The van der Waals surface area contributed by atoms with Crippen LogP contribution in [-0.4, -0.2) is 50.8 Å². The van der Waals surface area contributed by atoms with Crippen LogP contribution in [0.25, 0.3) is 0 Å². The molecule has 1 amide bonds. The summed E-state index contributed by atoms with van der Waals surface area (Å²) < 4.78 is 29.3. The topological polar surface area (TPSA) is 78.5 Å². The predicted octanol–water partition coefficient (Wildman–Crippen LogP) is 6.31. The van der Waals surface area contributed by atoms with Gasteiger partial charge in [-0.25, -0.2) is 0 Å². The molecule has 5 rings (SSSR count). The van der Waals surface area contributed by atoms with E-state index in [9.17, 15) is 4.79 Å². The third-order valence-electron chi connectivity index (χ3n) is 6.57. The van der Waals surface area contributed by atoms with Gasteiger partial charge in [0.25, 0.3) is 0 Å². The van der Waals surface area contributed by atoms with E-state index in [1.165, 1.54) is 0 Å². The quantitative estimate of drug-likeness (QED) is 0.408. The van der Waals surface area contributed by atoms with Gasteiger partial charge in [0.15, 0.2) is 28.7 Å². The molecule has 8 nitrogen and oxygen atoms in total. The maximum absolute atomic E-state index is 13.3. The van der Waals surface area contributed by atoms with Gasteiger partial charge in [0.2, 0.25) is 11.7 Å². The normalized spacial score (nSPS) is 16.6. The average Bonchev–Trinajstić information content (AvgIpc) is 2.93. The molecule has 3 aromatic carbocycles. The molecule has 0 radical (unpaired) electrons. The molecular formula is C30H33ClN2O6. The van der Waals surface area contributed by atoms with Crippen molar-refractivity contribution < 1.29 is 28.5 Å². The zero-order valence-corrected chi connectivity index (χ0v) is 22.8. The summed E-state index contributed by atoms with van der Waals surface area (Å²) in [6.45, 7) is 3.08. The molecule has 2 heterocycles. The molecule has 0 spiro atoms. The molecule has 0 saturated heterocycles. The number of benzene rings is 3. The highest BCUT2D eigenvalue weighted by atomic mass is 35.5. The number of amides is 1. The molecule has 3 aromatic rings. The predicted molar refractivity (Wildman–Crippen MR) is 150 cm³/mol. The van der Waals surface area contributed by atoms with E-state index >= 15 is 0 Å². The summed E-state index contributed by atoms with van der Waals surface area (Å²) >= 11 is 6.28. The molecule has 2 aliphatic heterocycles. The van der Waals surface area contributed by atoms with Gasteiger partial charge in [-0.3, -0.25) is 9.69 Å². The van der Waals surface area contributed by atoms with Crippen LogP contribution in [0.1, 0.15) is 31.2 Å². The zero-order valence-electron chi connectivity index (χ0n) is 22.0. The van der Waals surface area contributed by atoms with Crippen molar-refractivity contribution in [2.24, 2.45) is 0 Å². The van der Waals surface area contributed by atoms with Crippen LogP contribution in [0.5, 0.6) is 34.5 Å². The van der Waals surface area contributed by atoms with E-state index < -0.39 is 0 Å². The lowest BCUT2D eigenvalue weighted by atomic mass is 10.1. The number of carbonyl (C=O) groups is 1. The molecule has 1 N–H and O–H groups in total. The summed E-state index contributed by atoms with van der Waals surface area (Å²) in [5.74, 6) is 3.48. The smallest absolute Gasteiger partial charge is 0.238 e. The molecule has 0 bridgehead atoms. The number of carbonyl (C=O) groups excluding carboxylic acids is 1. The number of anilines is 1. The Kier molecular flexibility index (Phi) is 8.96. The number of hydrogen-bond donors (Lipinski definition) is 1. The van der Waals surface area contributed by atoms with Crippen molar-refractivity contribution in [3.05, 3.63) is 65.2 Å². The summed E-state index contributed by atoms with van der Waals surface area (Å²) in [5, 5.41) is 3.50. The van der Waals surface area contributed by atoms with Gasteiger partial charge in [-0.15, -0.1) is 0 Å². The van der Waals surface area contributed by atoms with Crippen LogP contribution >= 0.6 is 11.6 Å². The first-order chi connectivity index (χ1) is 19.1. The minimum atomic E-state index is -0.164. The van der Waals surface area contributed by atoms with Gasteiger partial charge in [-0.1, -0.05) is 36.6 Å². The first-order valence-corrected chi connectivity index (χ1v) is 13.6. The Morgan fingerprint density at radius 1 is 0.872 bits per heavy atom. The molecule has 0 atom stereocenters. The van der Waals surface area contributed by atoms with Gasteiger partial charge in [0.1, 0.15) is 13.2 Å². The molecule has 0 unspecified atom stereocenters. The van der Waals surface area contributed by atoms with Crippen molar-refractivity contribution in [3.8, 4) is 34.5 Å². The Balaban J connectivity index is 1.38. The second kappa shape index (κ2) is 13.0. The number of hydrogen-bond acceptors (Lipinski definition) is 7. The largest absolute Gasteiger partial charge is 0.493 e. The average molecular weight is 553 g/mol. The summed E-state index contributed by atoms with van der Waals surface area (Å²) in [7, 11) is 1.62. The first kappa shape index (κ1) is 27.0. The Labute approximate surface area is 233 Å². The molecule has 206 valence electrons. The van der Waals surface area contributed by atoms with Crippen LogP contribution in [0.15, 0.2) is 54.6 Å². The minimum absolute atomic E-state index is 0.164. The van der Waals surface area contributed by atoms with Crippen LogP contribution in [0, 0.1) is 0 Å². The van der Waals surface area contributed by atoms with Crippen LogP contribution in [0.3, 0.4) is 0 Å². The van der Waals surface area contributed by atoms with E-state index in [0.29, 0.717) is 71.6 Å². The number of nitrogens with zero attached hydrogens (tertiary/aromatic N) is 1. The monoisotopic (exact) mass is 552 g/mol. The molecule has 39 heavy (non-hydrogen) atoms. The van der Waals surface area contributed by atoms with E-state index in [0.717, 1.165) is 37.8 Å². The van der Waals surface area contributed by atoms with Gasteiger partial charge in [0, 0.05) is 11.6 Å². The zero-order chi connectivity index (χ0) is 27.0. The van der Waals surface area contributed by atoms with Crippen LogP contribution < -0.4 is 29.0 Å². The highest BCUT2D eigenvalue weighted by Crippen LogP contribution is 2.41. The van der Waals surface area contributed by atoms with Crippen molar-refractivity contribution in [2.45, 2.75) is 32.2 Å². The number of methoxy groups -OCH3 is 1. The Morgan fingerprint density at radius 3 is 2.54 bits per heavy atom. The van der Waals surface area contributed by atoms with E-state index in [2.05, 4.69) is 10.2 Å². The maximum atomic E-state index is 13.3. The fourth-order valence-electron chi connectivity index (χ4n) is 4.72. The highest BCUT2D eigenvalue weighted by molar-refractivity contribution is 6.31. The third kappa shape index (κ3) is 7.07. The number of nitrogens with one attached hydrogen (secondary N) is 1. The Bertz CT molecular complexity index is 1280. The van der Waals surface area contributed by atoms with Crippen molar-refractivity contribution in [3.63, 3.8) is 0 Å². The maximum Gasteiger partial charge on any atom is 0.238 e. The van der Waals surface area contributed by atoms with E-state index in [4.69, 9.17) is 35.3 Å². The number of fused-ring (bicyclic) bond motifs is 3. The van der Waals surface area contributed by atoms with Crippen molar-refractivity contribution in [2.75, 3.05) is 45.3 Å². The number of halogens is 1. The molecule has 9 heteroatoms. The first-order valence-electron chi connectivity index (χ1n) is 13.3. The molecule has 2 aliphatic rings. The fourth-order valence-corrected chi connectivity index (χ4v) is 4.89. The van der Waals surface area contributed by atoms with E-state index in [1.54, 1.807) is 25.3 Å². The van der Waals surface area contributed by atoms with Crippen LogP contribution in [-0.2, 0) is 11.3 Å². The summed E-state index contributed by atoms with van der Waals surface area (Å²) in [6.07, 6.45) is 3.95. The summed E-state index contributed by atoms with van der Waals surface area (Å²) in [4.78, 5) is 15.4. The second-order valence-corrected chi connectivity index (χ2v) is 9.97. The standard InChI is InChI=1S/C30H33ClN2O6/c1-35-27-16-21(17-28-30(27)38-15-14-37-28)19-33-12-6-2-3-7-13-36-25-8-4-5-9-26(25)39-24-11-10-22(31)18-23(24)32-29(34)20-33/h4-5,8-11,16-18H,2-3,6-7,12-15,19-20H2,1H3,(H,32,34). The van der Waals surface area contributed by atoms with E-state index in [1.807, 2.05) is 36.4 Å². The number of ether oxygens (including phenoxy) is 5. The van der Waals surface area contributed by atoms with Crippen molar-refractivity contribution in [1.29, 1.82) is 0 Å².